The van der Waals surface area contributed by atoms with Crippen molar-refractivity contribution in [3.05, 3.63) is 0 Å². The maximum atomic E-state index is 12.2. The molecule has 1 saturated heterocycles. The van der Waals surface area contributed by atoms with Crippen molar-refractivity contribution in [3.8, 4) is 0 Å². The van der Waals surface area contributed by atoms with Crippen molar-refractivity contribution < 1.29 is 9.63 Å². The van der Waals surface area contributed by atoms with E-state index < -0.39 is 0 Å². The van der Waals surface area contributed by atoms with Crippen LogP contribution in [0.5, 0.6) is 0 Å². The van der Waals surface area contributed by atoms with E-state index in [4.69, 9.17) is 0 Å². The van der Waals surface area contributed by atoms with E-state index in [0.29, 0.717) is 18.4 Å². The van der Waals surface area contributed by atoms with E-state index in [9.17, 15) is 4.79 Å². The lowest BCUT2D eigenvalue weighted by molar-refractivity contribution is -0.130. The molecule has 1 aliphatic heterocycles. The highest BCUT2D eigenvalue weighted by Gasteiger charge is 2.39. The van der Waals surface area contributed by atoms with Gasteiger partial charge in [-0.2, -0.15) is 0 Å². The van der Waals surface area contributed by atoms with Crippen LogP contribution in [-0.2, 0) is 9.63 Å². The maximum Gasteiger partial charge on any atom is 0.226 e. The minimum absolute atomic E-state index is 0.197. The molecule has 17 heavy (non-hydrogen) atoms. The summed E-state index contributed by atoms with van der Waals surface area (Å²) in [6.07, 6.45) is 2.64. The standard InChI is InChI=1S/C12H21IN2O2/c1-9(2)6-11-10(7-13)8-15(12(11)16)5-4-14-17-3/h4,9-11H,5-8H2,1-3H3/b14-4+. The number of oxime groups is 1. The molecule has 1 heterocycles. The third kappa shape index (κ3) is 4.12. The Balaban J connectivity index is 2.60. The fourth-order valence-electron chi connectivity index (χ4n) is 2.26. The van der Waals surface area contributed by atoms with Crippen molar-refractivity contribution in [2.75, 3.05) is 24.6 Å². The van der Waals surface area contributed by atoms with Gasteiger partial charge >= 0.3 is 0 Å². The average Bonchev–Trinajstić information content (AvgIpc) is 2.57. The number of carbonyl (C=O) groups is 1. The molecular formula is C12H21IN2O2. The second-order valence-electron chi connectivity index (χ2n) is 4.86. The number of halogens is 1. The Labute approximate surface area is 117 Å². The summed E-state index contributed by atoms with van der Waals surface area (Å²) >= 11 is 2.38. The molecule has 0 aliphatic carbocycles. The molecule has 0 aromatic heterocycles. The van der Waals surface area contributed by atoms with Crippen molar-refractivity contribution in [3.63, 3.8) is 0 Å². The predicted molar refractivity (Wildman–Crippen MR) is 77.4 cm³/mol. The molecule has 0 bridgehead atoms. The number of hydrogen-bond donors (Lipinski definition) is 0. The van der Waals surface area contributed by atoms with Crippen LogP contribution in [0.15, 0.2) is 5.16 Å². The number of alkyl halides is 1. The molecule has 1 fully saturated rings. The van der Waals surface area contributed by atoms with Gasteiger partial charge in [-0.3, -0.25) is 4.79 Å². The number of hydrogen-bond acceptors (Lipinski definition) is 3. The molecule has 1 amide bonds. The third-order valence-corrected chi connectivity index (χ3v) is 4.19. The third-order valence-electron chi connectivity index (χ3n) is 3.06. The van der Waals surface area contributed by atoms with Gasteiger partial charge < -0.3 is 9.74 Å². The lowest BCUT2D eigenvalue weighted by Gasteiger charge is -2.16. The number of carbonyl (C=O) groups excluding carboxylic acids is 1. The van der Waals surface area contributed by atoms with E-state index in [1.807, 2.05) is 4.90 Å². The first-order chi connectivity index (χ1) is 8.10. The quantitative estimate of drug-likeness (QED) is 0.318. The summed E-state index contributed by atoms with van der Waals surface area (Å²) in [4.78, 5) is 18.7. The molecule has 0 spiro atoms. The number of rotatable bonds is 6. The fourth-order valence-corrected chi connectivity index (χ4v) is 3.16. The van der Waals surface area contributed by atoms with Gasteiger partial charge in [-0.15, -0.1) is 0 Å². The number of nitrogens with zero attached hydrogens (tertiary/aromatic N) is 2. The van der Waals surface area contributed by atoms with Gasteiger partial charge in [0.2, 0.25) is 5.91 Å². The van der Waals surface area contributed by atoms with E-state index in [0.717, 1.165) is 17.4 Å². The van der Waals surface area contributed by atoms with Crippen molar-refractivity contribution >= 4 is 34.7 Å². The van der Waals surface area contributed by atoms with Crippen LogP contribution in [0.3, 0.4) is 0 Å². The van der Waals surface area contributed by atoms with Crippen LogP contribution < -0.4 is 0 Å². The molecule has 0 aromatic rings. The molecule has 2 unspecified atom stereocenters. The van der Waals surface area contributed by atoms with Crippen LogP contribution in [0.1, 0.15) is 20.3 Å². The molecule has 98 valence electrons. The highest BCUT2D eigenvalue weighted by molar-refractivity contribution is 14.1. The van der Waals surface area contributed by atoms with Gasteiger partial charge in [0.1, 0.15) is 7.11 Å². The summed E-state index contributed by atoms with van der Waals surface area (Å²) in [5, 5.41) is 3.69. The zero-order valence-corrected chi connectivity index (χ0v) is 12.9. The second-order valence-corrected chi connectivity index (χ2v) is 5.74. The lowest BCUT2D eigenvalue weighted by atomic mass is 9.89. The molecule has 0 saturated carbocycles. The Morgan fingerprint density at radius 1 is 1.65 bits per heavy atom. The van der Waals surface area contributed by atoms with Gasteiger partial charge in [-0.25, -0.2) is 0 Å². The zero-order valence-electron chi connectivity index (χ0n) is 10.7. The number of amides is 1. The summed E-state index contributed by atoms with van der Waals surface area (Å²) in [5.41, 5.74) is 0. The topological polar surface area (TPSA) is 41.9 Å². The molecular weight excluding hydrogens is 331 g/mol. The predicted octanol–water partition coefficient (Wildman–Crippen LogP) is 2.17. The number of likely N-dealkylation sites (tertiary alicyclic amines) is 1. The van der Waals surface area contributed by atoms with E-state index in [2.05, 4.69) is 46.4 Å². The summed E-state index contributed by atoms with van der Waals surface area (Å²) in [6.45, 7) is 5.77. The van der Waals surface area contributed by atoms with Gasteiger partial charge in [0.25, 0.3) is 0 Å². The molecule has 0 aromatic carbocycles. The minimum atomic E-state index is 0.197. The highest BCUT2D eigenvalue weighted by Crippen LogP contribution is 2.31. The van der Waals surface area contributed by atoms with Crippen molar-refractivity contribution in [1.29, 1.82) is 0 Å². The Bertz CT molecular complexity index is 282. The Morgan fingerprint density at radius 2 is 2.35 bits per heavy atom. The maximum absolute atomic E-state index is 12.2. The average molecular weight is 352 g/mol. The Hall–Kier alpha value is -0.330. The second kappa shape index (κ2) is 7.18. The van der Waals surface area contributed by atoms with Crippen LogP contribution in [0.4, 0.5) is 0 Å². The molecule has 4 nitrogen and oxygen atoms in total. The lowest BCUT2D eigenvalue weighted by Crippen LogP contribution is -2.29. The van der Waals surface area contributed by atoms with Gasteiger partial charge in [0.15, 0.2) is 0 Å². The van der Waals surface area contributed by atoms with Crippen LogP contribution in [0.25, 0.3) is 0 Å². The van der Waals surface area contributed by atoms with E-state index in [-0.39, 0.29) is 11.8 Å². The summed E-state index contributed by atoms with van der Waals surface area (Å²) < 4.78 is 1.04. The summed E-state index contributed by atoms with van der Waals surface area (Å²) in [5.74, 6) is 1.54. The van der Waals surface area contributed by atoms with Crippen LogP contribution in [-0.4, -0.2) is 41.6 Å². The summed E-state index contributed by atoms with van der Waals surface area (Å²) in [7, 11) is 1.51. The first kappa shape index (κ1) is 14.7. The molecule has 2 atom stereocenters. The van der Waals surface area contributed by atoms with E-state index in [1.54, 1.807) is 6.21 Å². The van der Waals surface area contributed by atoms with Crippen molar-refractivity contribution in [1.82, 2.24) is 4.90 Å². The van der Waals surface area contributed by atoms with Gasteiger partial charge in [0.05, 0.1) is 12.8 Å². The zero-order chi connectivity index (χ0) is 12.8. The largest absolute Gasteiger partial charge is 0.399 e. The first-order valence-corrected chi connectivity index (χ1v) is 7.52. The molecule has 1 rings (SSSR count). The normalized spacial score (nSPS) is 25.2. The Morgan fingerprint density at radius 3 is 2.88 bits per heavy atom. The van der Waals surface area contributed by atoms with Crippen LogP contribution >= 0.6 is 22.6 Å². The van der Waals surface area contributed by atoms with Gasteiger partial charge in [0, 0.05) is 16.9 Å². The van der Waals surface area contributed by atoms with E-state index in [1.165, 1.54) is 7.11 Å². The molecule has 0 N–H and O–H groups in total. The van der Waals surface area contributed by atoms with E-state index >= 15 is 0 Å². The van der Waals surface area contributed by atoms with Gasteiger partial charge in [-0.05, 0) is 18.3 Å². The summed E-state index contributed by atoms with van der Waals surface area (Å²) in [6, 6.07) is 0. The minimum Gasteiger partial charge on any atom is -0.399 e. The monoisotopic (exact) mass is 352 g/mol. The van der Waals surface area contributed by atoms with Gasteiger partial charge in [-0.1, -0.05) is 41.6 Å². The molecule has 5 heteroatoms. The van der Waals surface area contributed by atoms with Crippen molar-refractivity contribution in [2.24, 2.45) is 22.9 Å². The fraction of sp³-hybridized carbons (Fsp3) is 0.833. The van der Waals surface area contributed by atoms with Crippen LogP contribution in [0.2, 0.25) is 0 Å². The molecule has 0 radical (unpaired) electrons. The Kier molecular flexibility index (Phi) is 6.22. The van der Waals surface area contributed by atoms with Crippen molar-refractivity contribution in [2.45, 2.75) is 20.3 Å². The first-order valence-electron chi connectivity index (χ1n) is 5.99. The smallest absolute Gasteiger partial charge is 0.226 e. The molecule has 1 aliphatic rings. The van der Waals surface area contributed by atoms with Crippen LogP contribution in [0, 0.1) is 17.8 Å². The highest BCUT2D eigenvalue weighted by atomic mass is 127. The SMILES string of the molecule is CO/N=C/CN1CC(CI)C(CC(C)C)C1=O.